The molecule has 0 aromatic heterocycles. The molecule has 3 rings (SSSR count). The number of carbonyl (C=O) groups is 1. The monoisotopic (exact) mass is 266 g/mol. The van der Waals surface area contributed by atoms with Crippen LogP contribution < -0.4 is 0 Å². The van der Waals surface area contributed by atoms with E-state index in [0.717, 1.165) is 6.42 Å². The van der Waals surface area contributed by atoms with Crippen molar-refractivity contribution in [1.82, 2.24) is 0 Å². The maximum absolute atomic E-state index is 11.8. The summed E-state index contributed by atoms with van der Waals surface area (Å²) in [5.74, 6) is -0.376. The van der Waals surface area contributed by atoms with E-state index < -0.39 is 23.2 Å². The van der Waals surface area contributed by atoms with Crippen molar-refractivity contribution in [3.05, 3.63) is 12.2 Å². The molecule has 0 amide bonds. The molecule has 6 atom stereocenters. The third-order valence-electron chi connectivity index (χ3n) is 5.92. The Kier molecular flexibility index (Phi) is 2.64. The number of aliphatic hydroxyl groups is 2. The minimum absolute atomic E-state index is 0.0348. The Morgan fingerprint density at radius 3 is 2.79 bits per heavy atom. The van der Waals surface area contributed by atoms with E-state index in [1.807, 2.05) is 13.8 Å². The van der Waals surface area contributed by atoms with E-state index in [2.05, 4.69) is 6.58 Å². The van der Waals surface area contributed by atoms with Gasteiger partial charge in [-0.2, -0.15) is 0 Å². The van der Waals surface area contributed by atoms with Crippen LogP contribution in [0.2, 0.25) is 0 Å². The van der Waals surface area contributed by atoms with Crippen LogP contribution in [0.1, 0.15) is 39.5 Å². The molecule has 1 heterocycles. The lowest BCUT2D eigenvalue weighted by molar-refractivity contribution is -0.216. The van der Waals surface area contributed by atoms with E-state index >= 15 is 0 Å². The molecule has 0 bridgehead atoms. The summed E-state index contributed by atoms with van der Waals surface area (Å²) in [7, 11) is 0. The summed E-state index contributed by atoms with van der Waals surface area (Å²) < 4.78 is 5.47. The highest BCUT2D eigenvalue weighted by molar-refractivity contribution is 5.75. The van der Waals surface area contributed by atoms with Crippen molar-refractivity contribution in [2.75, 3.05) is 0 Å². The molecule has 0 radical (unpaired) electrons. The van der Waals surface area contributed by atoms with Crippen LogP contribution >= 0.6 is 0 Å². The lowest BCUT2D eigenvalue weighted by Crippen LogP contribution is -2.67. The van der Waals surface area contributed by atoms with E-state index in [1.54, 1.807) is 0 Å². The fourth-order valence-corrected chi connectivity index (χ4v) is 4.38. The smallest absolute Gasteiger partial charge is 0.309 e. The minimum Gasteiger partial charge on any atom is -0.458 e. The molecule has 2 N–H and O–H groups in total. The van der Waals surface area contributed by atoms with Gasteiger partial charge in [0.25, 0.3) is 0 Å². The molecule has 106 valence electrons. The second-order valence-electron chi connectivity index (χ2n) is 6.69. The molecule has 0 spiro atoms. The van der Waals surface area contributed by atoms with E-state index in [9.17, 15) is 15.0 Å². The first-order valence-corrected chi connectivity index (χ1v) is 7.11. The van der Waals surface area contributed by atoms with Gasteiger partial charge in [-0.05, 0) is 31.3 Å². The Balaban J connectivity index is 2.08. The predicted octanol–water partition coefficient (Wildman–Crippen LogP) is 1.41. The fraction of sp³-hybridized carbons (Fsp3) is 0.800. The van der Waals surface area contributed by atoms with Gasteiger partial charge in [0, 0.05) is 11.3 Å². The Bertz CT molecular complexity index is 445. The SMILES string of the molecule is C=C1CC[C@H](O)[C@]2(C)CC[C@H]3[C@H](C)C(=O)O[C@@H]3[C@@]12O. The number of hydrogen-bond acceptors (Lipinski definition) is 4. The van der Waals surface area contributed by atoms with Crippen molar-refractivity contribution < 1.29 is 19.7 Å². The molecule has 4 heteroatoms. The zero-order valence-electron chi connectivity index (χ0n) is 11.6. The van der Waals surface area contributed by atoms with Crippen molar-refractivity contribution in [3.8, 4) is 0 Å². The van der Waals surface area contributed by atoms with E-state index in [1.165, 1.54) is 0 Å². The lowest BCUT2D eigenvalue weighted by atomic mass is 9.51. The molecular weight excluding hydrogens is 244 g/mol. The average Bonchev–Trinajstić information content (AvgIpc) is 2.66. The summed E-state index contributed by atoms with van der Waals surface area (Å²) in [6.07, 6.45) is 1.60. The van der Waals surface area contributed by atoms with Gasteiger partial charge in [-0.3, -0.25) is 4.79 Å². The standard InChI is InChI=1S/C15H22O4/c1-8-4-5-11(16)14(3)7-6-10-9(2)13(17)19-12(10)15(8,14)18/h9-12,16,18H,1,4-7H2,2-3H3/t9-,10-,11-,12-,14-,15-/m0/s1. The Morgan fingerprint density at radius 2 is 2.11 bits per heavy atom. The summed E-state index contributed by atoms with van der Waals surface area (Å²) in [6, 6.07) is 0. The highest BCUT2D eigenvalue weighted by Gasteiger charge is 2.67. The maximum Gasteiger partial charge on any atom is 0.309 e. The highest BCUT2D eigenvalue weighted by Crippen LogP contribution is 2.59. The number of rotatable bonds is 0. The van der Waals surface area contributed by atoms with Crippen LogP contribution in [0.15, 0.2) is 12.2 Å². The number of fused-ring (bicyclic) bond motifs is 3. The predicted molar refractivity (Wildman–Crippen MR) is 69.2 cm³/mol. The van der Waals surface area contributed by atoms with Crippen molar-refractivity contribution in [2.24, 2.45) is 17.3 Å². The Morgan fingerprint density at radius 1 is 1.42 bits per heavy atom. The fourth-order valence-electron chi connectivity index (χ4n) is 4.38. The number of esters is 1. The van der Waals surface area contributed by atoms with Gasteiger partial charge in [0.2, 0.25) is 0 Å². The summed E-state index contributed by atoms with van der Waals surface area (Å²) in [6.45, 7) is 7.77. The second kappa shape index (κ2) is 3.83. The third kappa shape index (κ3) is 1.39. The normalized spacial score (nSPS) is 53.5. The lowest BCUT2D eigenvalue weighted by Gasteiger charge is -2.58. The van der Waals surface area contributed by atoms with E-state index in [0.29, 0.717) is 24.8 Å². The van der Waals surface area contributed by atoms with Gasteiger partial charge in [-0.25, -0.2) is 0 Å². The first-order valence-electron chi connectivity index (χ1n) is 7.11. The largest absolute Gasteiger partial charge is 0.458 e. The summed E-state index contributed by atoms with van der Waals surface area (Å²) in [4.78, 5) is 11.8. The molecule has 3 aliphatic rings. The number of aliphatic hydroxyl groups excluding tert-OH is 1. The first kappa shape index (κ1) is 13.1. The molecular formula is C15H22O4. The zero-order chi connectivity index (χ0) is 14.0. The van der Waals surface area contributed by atoms with Crippen LogP contribution in [-0.2, 0) is 9.53 Å². The molecule has 1 aliphatic heterocycles. The van der Waals surface area contributed by atoms with E-state index in [-0.39, 0.29) is 17.8 Å². The summed E-state index contributed by atoms with van der Waals surface area (Å²) in [5.41, 5.74) is -1.24. The molecule has 19 heavy (non-hydrogen) atoms. The van der Waals surface area contributed by atoms with Crippen LogP contribution in [-0.4, -0.2) is 34.0 Å². The average molecular weight is 266 g/mol. The molecule has 3 fully saturated rings. The minimum atomic E-state index is -1.28. The summed E-state index contributed by atoms with van der Waals surface area (Å²) >= 11 is 0. The van der Waals surface area contributed by atoms with Gasteiger partial charge in [0.05, 0.1) is 12.0 Å². The Hall–Kier alpha value is -0.870. The second-order valence-corrected chi connectivity index (χ2v) is 6.69. The third-order valence-corrected chi connectivity index (χ3v) is 5.92. The van der Waals surface area contributed by atoms with Gasteiger partial charge >= 0.3 is 5.97 Å². The maximum atomic E-state index is 11.8. The van der Waals surface area contributed by atoms with Crippen LogP contribution in [0, 0.1) is 17.3 Å². The number of ether oxygens (including phenoxy) is 1. The topological polar surface area (TPSA) is 66.8 Å². The van der Waals surface area contributed by atoms with Crippen molar-refractivity contribution >= 4 is 5.97 Å². The van der Waals surface area contributed by atoms with Crippen LogP contribution in [0.4, 0.5) is 0 Å². The van der Waals surface area contributed by atoms with Crippen LogP contribution in [0.25, 0.3) is 0 Å². The van der Waals surface area contributed by atoms with Gasteiger partial charge < -0.3 is 14.9 Å². The molecule has 4 nitrogen and oxygen atoms in total. The van der Waals surface area contributed by atoms with Crippen LogP contribution in [0.5, 0.6) is 0 Å². The van der Waals surface area contributed by atoms with E-state index in [4.69, 9.17) is 4.74 Å². The van der Waals surface area contributed by atoms with Gasteiger partial charge in [-0.15, -0.1) is 0 Å². The Labute approximate surface area is 113 Å². The summed E-state index contributed by atoms with van der Waals surface area (Å²) in [5, 5.41) is 21.6. The molecule has 2 aliphatic carbocycles. The molecule has 1 saturated heterocycles. The molecule has 0 aromatic rings. The highest BCUT2D eigenvalue weighted by atomic mass is 16.6. The quantitative estimate of drug-likeness (QED) is 0.514. The van der Waals surface area contributed by atoms with Crippen LogP contribution in [0.3, 0.4) is 0 Å². The van der Waals surface area contributed by atoms with Crippen molar-refractivity contribution in [2.45, 2.75) is 57.3 Å². The van der Waals surface area contributed by atoms with Gasteiger partial charge in [0.15, 0.2) is 0 Å². The van der Waals surface area contributed by atoms with Gasteiger partial charge in [0.1, 0.15) is 11.7 Å². The zero-order valence-corrected chi connectivity index (χ0v) is 11.6. The van der Waals surface area contributed by atoms with Crippen molar-refractivity contribution in [1.29, 1.82) is 0 Å². The van der Waals surface area contributed by atoms with Gasteiger partial charge in [-0.1, -0.05) is 20.4 Å². The van der Waals surface area contributed by atoms with Crippen molar-refractivity contribution in [3.63, 3.8) is 0 Å². The number of hydrogen-bond donors (Lipinski definition) is 2. The first-order chi connectivity index (χ1) is 8.82. The molecule has 2 saturated carbocycles. The molecule has 0 aromatic carbocycles. The molecule has 0 unspecified atom stereocenters. The number of carbonyl (C=O) groups excluding carboxylic acids is 1.